The summed E-state index contributed by atoms with van der Waals surface area (Å²) < 4.78 is 16.3. The van der Waals surface area contributed by atoms with Crippen LogP contribution in [0.1, 0.15) is 30.9 Å². The van der Waals surface area contributed by atoms with E-state index in [1.165, 1.54) is 0 Å². The van der Waals surface area contributed by atoms with E-state index in [-0.39, 0.29) is 29.9 Å². The monoisotopic (exact) mass is 568 g/mol. The summed E-state index contributed by atoms with van der Waals surface area (Å²) in [5.74, 6) is 2.86. The standard InChI is InChI=1S/C24H32N4O4.HI/c1-5-25-24(27-16-18-13-21(31-3)22(32-4)14-20(18)30-2)26-15-17-8-10-19(11-9-17)28-12-6-7-23(28)29;/h8-11,13-14H,5-7,12,15-16H2,1-4H3,(H2,25,26,27);1H. The van der Waals surface area contributed by atoms with E-state index in [9.17, 15) is 4.79 Å². The molecule has 2 aromatic rings. The number of ether oxygens (including phenoxy) is 3. The van der Waals surface area contributed by atoms with Crippen LogP contribution in [0.5, 0.6) is 17.2 Å². The number of guanidine groups is 1. The van der Waals surface area contributed by atoms with Crippen molar-refractivity contribution in [2.75, 3.05) is 39.3 Å². The number of methoxy groups -OCH3 is 3. The molecule has 0 bridgehead atoms. The first kappa shape index (κ1) is 26.6. The molecule has 0 saturated carbocycles. The molecule has 0 radical (unpaired) electrons. The van der Waals surface area contributed by atoms with E-state index in [0.29, 0.717) is 42.7 Å². The Morgan fingerprint density at radius 1 is 1.00 bits per heavy atom. The van der Waals surface area contributed by atoms with Crippen molar-refractivity contribution in [1.29, 1.82) is 0 Å². The van der Waals surface area contributed by atoms with E-state index in [2.05, 4.69) is 15.6 Å². The summed E-state index contributed by atoms with van der Waals surface area (Å²) in [5.41, 5.74) is 2.95. The number of rotatable bonds is 9. The van der Waals surface area contributed by atoms with Crippen molar-refractivity contribution in [3.63, 3.8) is 0 Å². The molecule has 180 valence electrons. The maximum atomic E-state index is 11.9. The maximum absolute atomic E-state index is 11.9. The number of carbonyl (C=O) groups excluding carboxylic acids is 1. The Hall–Kier alpha value is -2.69. The van der Waals surface area contributed by atoms with Crippen LogP contribution in [0.2, 0.25) is 0 Å². The summed E-state index contributed by atoms with van der Waals surface area (Å²) in [6.45, 7) is 4.59. The van der Waals surface area contributed by atoms with Crippen LogP contribution in [0.25, 0.3) is 0 Å². The van der Waals surface area contributed by atoms with Crippen molar-refractivity contribution in [2.45, 2.75) is 32.9 Å². The highest BCUT2D eigenvalue weighted by Gasteiger charge is 2.21. The zero-order valence-corrected chi connectivity index (χ0v) is 22.0. The predicted octanol–water partition coefficient (Wildman–Crippen LogP) is 3.71. The summed E-state index contributed by atoms with van der Waals surface area (Å²) in [7, 11) is 4.84. The molecule has 1 aliphatic heterocycles. The molecule has 1 saturated heterocycles. The minimum absolute atomic E-state index is 0. The quantitative estimate of drug-likeness (QED) is 0.273. The number of hydrogen-bond donors (Lipinski definition) is 2. The van der Waals surface area contributed by atoms with Gasteiger partial charge in [0.25, 0.3) is 0 Å². The lowest BCUT2D eigenvalue weighted by Gasteiger charge is -2.17. The molecule has 1 fully saturated rings. The number of nitrogens with one attached hydrogen (secondary N) is 2. The second-order valence-corrected chi connectivity index (χ2v) is 7.38. The number of aliphatic imine (C=N–C) groups is 1. The van der Waals surface area contributed by atoms with E-state index >= 15 is 0 Å². The number of amides is 1. The van der Waals surface area contributed by atoms with Gasteiger partial charge in [-0.3, -0.25) is 4.79 Å². The summed E-state index contributed by atoms with van der Waals surface area (Å²) in [6.07, 6.45) is 1.56. The number of halogens is 1. The van der Waals surface area contributed by atoms with Gasteiger partial charge in [0, 0.05) is 43.4 Å². The van der Waals surface area contributed by atoms with Crippen molar-refractivity contribution in [3.8, 4) is 17.2 Å². The molecule has 8 nitrogen and oxygen atoms in total. The van der Waals surface area contributed by atoms with Gasteiger partial charge in [0.2, 0.25) is 5.91 Å². The number of carbonyl (C=O) groups is 1. The van der Waals surface area contributed by atoms with Gasteiger partial charge < -0.3 is 29.7 Å². The fraction of sp³-hybridized carbons (Fsp3) is 0.417. The van der Waals surface area contributed by atoms with E-state index in [4.69, 9.17) is 14.2 Å². The van der Waals surface area contributed by atoms with Gasteiger partial charge in [0.05, 0.1) is 27.9 Å². The highest BCUT2D eigenvalue weighted by Crippen LogP contribution is 2.34. The van der Waals surface area contributed by atoms with Gasteiger partial charge >= 0.3 is 0 Å². The lowest BCUT2D eigenvalue weighted by Crippen LogP contribution is -2.36. The Bertz CT molecular complexity index is 950. The number of anilines is 1. The van der Waals surface area contributed by atoms with Crippen LogP contribution < -0.4 is 29.7 Å². The molecule has 0 spiro atoms. The summed E-state index contributed by atoms with van der Waals surface area (Å²) in [6, 6.07) is 11.7. The summed E-state index contributed by atoms with van der Waals surface area (Å²) in [5, 5.41) is 6.61. The first-order valence-corrected chi connectivity index (χ1v) is 10.8. The Labute approximate surface area is 212 Å². The van der Waals surface area contributed by atoms with Crippen LogP contribution in [0.3, 0.4) is 0 Å². The first-order chi connectivity index (χ1) is 15.6. The van der Waals surface area contributed by atoms with Gasteiger partial charge in [-0.05, 0) is 37.1 Å². The van der Waals surface area contributed by atoms with Crippen molar-refractivity contribution in [1.82, 2.24) is 10.6 Å². The molecule has 2 aromatic carbocycles. The zero-order valence-electron chi connectivity index (χ0n) is 19.6. The van der Waals surface area contributed by atoms with E-state index in [1.807, 2.05) is 48.2 Å². The highest BCUT2D eigenvalue weighted by atomic mass is 127. The minimum Gasteiger partial charge on any atom is -0.496 e. The third kappa shape index (κ3) is 6.89. The zero-order chi connectivity index (χ0) is 22.9. The molecule has 3 rings (SSSR count). The average Bonchev–Trinajstić information content (AvgIpc) is 3.26. The largest absolute Gasteiger partial charge is 0.496 e. The third-order valence-corrected chi connectivity index (χ3v) is 5.32. The molecule has 2 N–H and O–H groups in total. The Morgan fingerprint density at radius 3 is 2.24 bits per heavy atom. The van der Waals surface area contributed by atoms with E-state index in [0.717, 1.165) is 36.3 Å². The lowest BCUT2D eigenvalue weighted by molar-refractivity contribution is -0.117. The molecule has 33 heavy (non-hydrogen) atoms. The lowest BCUT2D eigenvalue weighted by atomic mass is 10.1. The van der Waals surface area contributed by atoms with Gasteiger partial charge in [-0.25, -0.2) is 4.99 Å². The fourth-order valence-corrected chi connectivity index (χ4v) is 3.62. The number of nitrogens with zero attached hydrogens (tertiary/aromatic N) is 2. The van der Waals surface area contributed by atoms with Gasteiger partial charge in [-0.2, -0.15) is 0 Å². The maximum Gasteiger partial charge on any atom is 0.227 e. The SMILES string of the molecule is CCNC(=NCc1ccc(N2CCCC2=O)cc1)NCc1cc(OC)c(OC)cc1OC.I. The molecule has 1 aliphatic rings. The molecular weight excluding hydrogens is 535 g/mol. The predicted molar refractivity (Wildman–Crippen MR) is 141 cm³/mol. The van der Waals surface area contributed by atoms with Crippen molar-refractivity contribution >= 4 is 41.5 Å². The van der Waals surface area contributed by atoms with Crippen molar-refractivity contribution < 1.29 is 19.0 Å². The molecule has 0 aromatic heterocycles. The molecule has 0 aliphatic carbocycles. The molecule has 0 unspecified atom stereocenters. The smallest absolute Gasteiger partial charge is 0.227 e. The fourth-order valence-electron chi connectivity index (χ4n) is 3.62. The second kappa shape index (κ2) is 13.1. The van der Waals surface area contributed by atoms with Gasteiger partial charge in [0.15, 0.2) is 17.5 Å². The topological polar surface area (TPSA) is 84.4 Å². The minimum atomic E-state index is 0. The van der Waals surface area contributed by atoms with E-state index < -0.39 is 0 Å². The van der Waals surface area contributed by atoms with Crippen LogP contribution >= 0.6 is 24.0 Å². The number of hydrogen-bond acceptors (Lipinski definition) is 5. The first-order valence-electron chi connectivity index (χ1n) is 10.8. The van der Waals surface area contributed by atoms with Crippen LogP contribution in [0.4, 0.5) is 5.69 Å². The van der Waals surface area contributed by atoms with Crippen LogP contribution in [-0.4, -0.2) is 46.3 Å². The second-order valence-electron chi connectivity index (χ2n) is 7.38. The molecular formula is C24H33IN4O4. The van der Waals surface area contributed by atoms with Crippen molar-refractivity contribution in [2.24, 2.45) is 4.99 Å². The Morgan fingerprint density at radius 2 is 1.67 bits per heavy atom. The molecule has 1 heterocycles. The average molecular weight is 568 g/mol. The van der Waals surface area contributed by atoms with Crippen LogP contribution in [-0.2, 0) is 17.9 Å². The Balaban J connectivity index is 0.00000385. The van der Waals surface area contributed by atoms with Gasteiger partial charge in [-0.1, -0.05) is 12.1 Å². The molecule has 9 heteroatoms. The molecule has 1 amide bonds. The molecule has 0 atom stereocenters. The van der Waals surface area contributed by atoms with Crippen LogP contribution in [0.15, 0.2) is 41.4 Å². The van der Waals surface area contributed by atoms with Gasteiger partial charge in [-0.15, -0.1) is 24.0 Å². The van der Waals surface area contributed by atoms with Crippen LogP contribution in [0, 0.1) is 0 Å². The summed E-state index contributed by atoms with van der Waals surface area (Å²) in [4.78, 5) is 18.5. The summed E-state index contributed by atoms with van der Waals surface area (Å²) >= 11 is 0. The Kier molecular flexibility index (Phi) is 10.6. The van der Waals surface area contributed by atoms with Gasteiger partial charge in [0.1, 0.15) is 5.75 Å². The van der Waals surface area contributed by atoms with E-state index in [1.54, 1.807) is 21.3 Å². The number of benzene rings is 2. The third-order valence-electron chi connectivity index (χ3n) is 5.32. The normalized spacial score (nSPS) is 13.4. The van der Waals surface area contributed by atoms with Crippen molar-refractivity contribution in [3.05, 3.63) is 47.5 Å². The highest BCUT2D eigenvalue weighted by molar-refractivity contribution is 14.0.